The maximum absolute atomic E-state index is 12.7. The largest absolute Gasteiger partial charge is 0.381 e. The number of nitrogens with one attached hydrogen (secondary N) is 1. The van der Waals surface area contributed by atoms with Crippen LogP contribution in [0.1, 0.15) is 12.8 Å². The summed E-state index contributed by atoms with van der Waals surface area (Å²) in [6.07, 6.45) is 1.16. The third-order valence-corrected chi connectivity index (χ3v) is 5.33. The summed E-state index contributed by atoms with van der Waals surface area (Å²) < 4.78 is 65.8. The van der Waals surface area contributed by atoms with Crippen LogP contribution in [0.4, 0.5) is 3.89 Å². The second kappa shape index (κ2) is 5.76. The number of hydrogen-bond acceptors (Lipinski definition) is 5. The van der Waals surface area contributed by atoms with Crippen molar-refractivity contribution in [2.75, 3.05) is 13.2 Å². The van der Waals surface area contributed by atoms with Crippen molar-refractivity contribution in [3.8, 4) is 0 Å². The van der Waals surface area contributed by atoms with Crippen molar-refractivity contribution in [2.24, 2.45) is 0 Å². The van der Waals surface area contributed by atoms with Crippen LogP contribution in [-0.2, 0) is 25.0 Å². The molecule has 0 amide bonds. The van der Waals surface area contributed by atoms with Gasteiger partial charge in [0.1, 0.15) is 0 Å². The average molecular weight is 323 g/mol. The summed E-state index contributed by atoms with van der Waals surface area (Å²) in [5.41, 5.74) is 0. The summed E-state index contributed by atoms with van der Waals surface area (Å²) >= 11 is 0. The molecular weight excluding hydrogens is 309 g/mol. The van der Waals surface area contributed by atoms with E-state index in [1.807, 2.05) is 0 Å². The first-order chi connectivity index (χ1) is 9.29. The molecule has 0 aromatic heterocycles. The number of ether oxygens (including phenoxy) is 1. The molecule has 0 aliphatic carbocycles. The molecular formula is C11H14FNO5S2. The number of benzene rings is 1. The van der Waals surface area contributed by atoms with Crippen molar-refractivity contribution in [2.45, 2.75) is 28.7 Å². The van der Waals surface area contributed by atoms with Crippen molar-refractivity contribution in [3.63, 3.8) is 0 Å². The van der Waals surface area contributed by atoms with Gasteiger partial charge in [0.15, 0.2) is 0 Å². The molecule has 1 aromatic carbocycles. The standard InChI is InChI=1S/C11H14FNO5S2/c12-19(14,15)10-1-3-11(4-2-10)20(16,17)13-9-5-7-18-8-6-9/h1-4,9,13H,5-8H2. The van der Waals surface area contributed by atoms with Gasteiger partial charge < -0.3 is 4.74 Å². The fourth-order valence-corrected chi connectivity index (χ4v) is 3.65. The molecule has 0 spiro atoms. The van der Waals surface area contributed by atoms with Crippen LogP contribution in [0.5, 0.6) is 0 Å². The molecule has 6 nitrogen and oxygen atoms in total. The Bertz CT molecular complexity index is 663. The van der Waals surface area contributed by atoms with Gasteiger partial charge in [-0.25, -0.2) is 13.1 Å². The SMILES string of the molecule is O=S(=O)(F)c1ccc(S(=O)(=O)NC2CCOCC2)cc1. The lowest BCUT2D eigenvalue weighted by atomic mass is 10.1. The minimum atomic E-state index is -4.82. The van der Waals surface area contributed by atoms with Crippen LogP contribution in [0.25, 0.3) is 0 Å². The first-order valence-corrected chi connectivity index (χ1v) is 8.80. The number of hydrogen-bond donors (Lipinski definition) is 1. The van der Waals surface area contributed by atoms with E-state index in [9.17, 15) is 20.7 Å². The molecule has 1 saturated heterocycles. The fraction of sp³-hybridized carbons (Fsp3) is 0.455. The molecule has 0 saturated carbocycles. The Hall–Kier alpha value is -1.03. The Morgan fingerprint density at radius 3 is 2.00 bits per heavy atom. The monoisotopic (exact) mass is 323 g/mol. The molecule has 1 aliphatic rings. The summed E-state index contributed by atoms with van der Waals surface area (Å²) in [6.45, 7) is 0.985. The molecule has 9 heteroatoms. The molecule has 20 heavy (non-hydrogen) atoms. The molecule has 0 radical (unpaired) electrons. The highest BCUT2D eigenvalue weighted by atomic mass is 32.3. The van der Waals surface area contributed by atoms with E-state index in [2.05, 4.69) is 4.72 Å². The topological polar surface area (TPSA) is 89.5 Å². The van der Waals surface area contributed by atoms with Gasteiger partial charge in [0, 0.05) is 19.3 Å². The molecule has 1 aromatic rings. The molecule has 2 rings (SSSR count). The molecule has 0 unspecified atom stereocenters. The predicted octanol–water partition coefficient (Wildman–Crippen LogP) is 0.802. The quantitative estimate of drug-likeness (QED) is 0.828. The van der Waals surface area contributed by atoms with Gasteiger partial charge in [0.25, 0.3) is 0 Å². The third-order valence-electron chi connectivity index (χ3n) is 2.96. The summed E-state index contributed by atoms with van der Waals surface area (Å²) in [4.78, 5) is -0.668. The number of rotatable bonds is 4. The average Bonchev–Trinajstić information content (AvgIpc) is 2.38. The normalized spacial score (nSPS) is 18.1. The first-order valence-electron chi connectivity index (χ1n) is 5.94. The Balaban J connectivity index is 2.17. The maximum atomic E-state index is 12.7. The van der Waals surface area contributed by atoms with Crippen LogP contribution in [0.2, 0.25) is 0 Å². The van der Waals surface area contributed by atoms with E-state index in [4.69, 9.17) is 4.74 Å². The van der Waals surface area contributed by atoms with Gasteiger partial charge >= 0.3 is 10.2 Å². The van der Waals surface area contributed by atoms with Gasteiger partial charge in [-0.2, -0.15) is 8.42 Å². The van der Waals surface area contributed by atoms with Gasteiger partial charge in [-0.05, 0) is 37.1 Å². The molecule has 112 valence electrons. The zero-order chi connectivity index (χ0) is 14.8. The summed E-state index contributed by atoms with van der Waals surface area (Å²) in [5.74, 6) is 0. The fourth-order valence-electron chi connectivity index (χ4n) is 1.88. The van der Waals surface area contributed by atoms with Crippen LogP contribution >= 0.6 is 0 Å². The lowest BCUT2D eigenvalue weighted by Crippen LogP contribution is -2.38. The molecule has 1 fully saturated rings. The number of sulfonamides is 1. The summed E-state index contributed by atoms with van der Waals surface area (Å²) in [6, 6.07) is 3.77. The van der Waals surface area contributed by atoms with Crippen molar-refractivity contribution < 1.29 is 25.5 Å². The highest BCUT2D eigenvalue weighted by Gasteiger charge is 2.22. The molecule has 0 atom stereocenters. The second-order valence-corrected chi connectivity index (χ2v) is 7.48. The van der Waals surface area contributed by atoms with Crippen LogP contribution in [0, 0.1) is 0 Å². The van der Waals surface area contributed by atoms with Crippen LogP contribution < -0.4 is 4.72 Å². The minimum absolute atomic E-state index is 0.101. The first kappa shape index (κ1) is 15.4. The Labute approximate surface area is 117 Å². The molecule has 1 aliphatic heterocycles. The van der Waals surface area contributed by atoms with E-state index >= 15 is 0 Å². The van der Waals surface area contributed by atoms with Crippen LogP contribution in [0.15, 0.2) is 34.1 Å². The van der Waals surface area contributed by atoms with Crippen molar-refractivity contribution in [1.82, 2.24) is 4.72 Å². The van der Waals surface area contributed by atoms with E-state index < -0.39 is 25.1 Å². The van der Waals surface area contributed by atoms with Crippen LogP contribution in [-0.4, -0.2) is 36.1 Å². The molecule has 0 bridgehead atoms. The zero-order valence-corrected chi connectivity index (χ0v) is 12.1. The van der Waals surface area contributed by atoms with Gasteiger partial charge in [0.2, 0.25) is 10.0 Å². The molecule has 1 N–H and O–H groups in total. The van der Waals surface area contributed by atoms with Crippen molar-refractivity contribution in [3.05, 3.63) is 24.3 Å². The molecule has 1 heterocycles. The lowest BCUT2D eigenvalue weighted by molar-refractivity contribution is 0.0832. The minimum Gasteiger partial charge on any atom is -0.381 e. The van der Waals surface area contributed by atoms with Gasteiger partial charge in [-0.3, -0.25) is 0 Å². The van der Waals surface area contributed by atoms with E-state index in [0.29, 0.717) is 26.1 Å². The maximum Gasteiger partial charge on any atom is 0.332 e. The Morgan fingerprint density at radius 1 is 1.00 bits per heavy atom. The summed E-state index contributed by atoms with van der Waals surface area (Å²) in [5, 5.41) is 0. The van der Waals surface area contributed by atoms with Gasteiger partial charge in [-0.1, -0.05) is 0 Å². The third kappa shape index (κ3) is 3.75. The van der Waals surface area contributed by atoms with Crippen LogP contribution in [0.3, 0.4) is 0 Å². The highest BCUT2D eigenvalue weighted by Crippen LogP contribution is 2.17. The highest BCUT2D eigenvalue weighted by molar-refractivity contribution is 7.89. The van der Waals surface area contributed by atoms with E-state index in [0.717, 1.165) is 24.3 Å². The number of halogens is 1. The Kier molecular flexibility index (Phi) is 4.43. The van der Waals surface area contributed by atoms with Gasteiger partial charge in [-0.15, -0.1) is 3.89 Å². The van der Waals surface area contributed by atoms with E-state index in [1.165, 1.54) is 0 Å². The predicted molar refractivity (Wildman–Crippen MR) is 68.9 cm³/mol. The van der Waals surface area contributed by atoms with E-state index in [1.54, 1.807) is 0 Å². The zero-order valence-electron chi connectivity index (χ0n) is 10.5. The summed E-state index contributed by atoms with van der Waals surface area (Å²) in [7, 11) is -8.57. The smallest absolute Gasteiger partial charge is 0.332 e. The Morgan fingerprint density at radius 2 is 1.50 bits per heavy atom. The lowest BCUT2D eigenvalue weighted by Gasteiger charge is -2.22. The van der Waals surface area contributed by atoms with Gasteiger partial charge in [0.05, 0.1) is 9.79 Å². The van der Waals surface area contributed by atoms with Crippen molar-refractivity contribution >= 4 is 20.2 Å². The van der Waals surface area contributed by atoms with E-state index in [-0.39, 0.29) is 10.9 Å². The second-order valence-electron chi connectivity index (χ2n) is 4.42. The van der Waals surface area contributed by atoms with Crippen molar-refractivity contribution in [1.29, 1.82) is 0 Å².